The molecule has 1 rings (SSSR count). The first-order valence-corrected chi connectivity index (χ1v) is 7.82. The Bertz CT molecular complexity index is 512. The predicted octanol–water partition coefficient (Wildman–Crippen LogP) is 3.62. The average Bonchev–Trinajstić information content (AvgIpc) is 2.39. The van der Waals surface area contributed by atoms with Gasteiger partial charge in [0.15, 0.2) is 0 Å². The van der Waals surface area contributed by atoms with Crippen molar-refractivity contribution < 1.29 is 9.59 Å². The standard InChI is InChI=1S/C18H28N2O2/c1-7-8-16(18(4,5)6)20(19-12-21)17(22)15-10-13(2)9-14(3)11-15/h9-12,16H,7-8H2,1-6H3,(H,19,21). The summed E-state index contributed by atoms with van der Waals surface area (Å²) in [6.45, 7) is 12.3. The highest BCUT2D eigenvalue weighted by Crippen LogP contribution is 2.28. The van der Waals surface area contributed by atoms with E-state index in [-0.39, 0.29) is 17.4 Å². The number of hydrogen-bond acceptors (Lipinski definition) is 2. The number of amides is 2. The summed E-state index contributed by atoms with van der Waals surface area (Å²) in [4.78, 5) is 23.9. The quantitative estimate of drug-likeness (QED) is 0.644. The lowest BCUT2D eigenvalue weighted by Crippen LogP contribution is -2.54. The van der Waals surface area contributed by atoms with Gasteiger partial charge in [-0.3, -0.25) is 15.0 Å². The molecule has 1 atom stereocenters. The molecule has 0 saturated heterocycles. The number of hydrogen-bond donors (Lipinski definition) is 1. The second kappa shape index (κ2) is 7.43. The zero-order valence-electron chi connectivity index (χ0n) is 14.6. The lowest BCUT2D eigenvalue weighted by molar-refractivity contribution is -0.114. The van der Waals surface area contributed by atoms with Crippen LogP contribution in [0.4, 0.5) is 0 Å². The van der Waals surface area contributed by atoms with Gasteiger partial charge in [-0.15, -0.1) is 0 Å². The van der Waals surface area contributed by atoms with Crippen molar-refractivity contribution in [3.63, 3.8) is 0 Å². The zero-order chi connectivity index (χ0) is 16.9. The molecule has 122 valence electrons. The van der Waals surface area contributed by atoms with Crippen LogP contribution in [0.15, 0.2) is 18.2 Å². The molecule has 0 fully saturated rings. The van der Waals surface area contributed by atoms with Gasteiger partial charge in [-0.05, 0) is 37.8 Å². The van der Waals surface area contributed by atoms with Gasteiger partial charge in [0.05, 0.1) is 6.04 Å². The Morgan fingerprint density at radius 3 is 2.18 bits per heavy atom. The van der Waals surface area contributed by atoms with Gasteiger partial charge in [0, 0.05) is 5.56 Å². The van der Waals surface area contributed by atoms with Gasteiger partial charge in [-0.25, -0.2) is 5.01 Å². The number of nitrogens with zero attached hydrogens (tertiary/aromatic N) is 1. The Balaban J connectivity index is 3.22. The van der Waals surface area contributed by atoms with Crippen LogP contribution in [0.3, 0.4) is 0 Å². The first-order valence-electron chi connectivity index (χ1n) is 7.82. The Kier molecular flexibility index (Phi) is 6.15. The first kappa shape index (κ1) is 18.2. The van der Waals surface area contributed by atoms with Crippen molar-refractivity contribution in [3.05, 3.63) is 34.9 Å². The maximum absolute atomic E-state index is 12.9. The molecule has 1 aromatic carbocycles. The van der Waals surface area contributed by atoms with E-state index in [4.69, 9.17) is 0 Å². The number of hydrazine groups is 1. The third kappa shape index (κ3) is 4.58. The van der Waals surface area contributed by atoms with E-state index in [9.17, 15) is 9.59 Å². The predicted molar refractivity (Wildman–Crippen MR) is 89.4 cm³/mol. The van der Waals surface area contributed by atoms with Crippen LogP contribution in [-0.2, 0) is 4.79 Å². The van der Waals surface area contributed by atoms with E-state index in [1.807, 2.05) is 32.0 Å². The summed E-state index contributed by atoms with van der Waals surface area (Å²) < 4.78 is 0. The molecule has 0 radical (unpaired) electrons. The van der Waals surface area contributed by atoms with Crippen molar-refractivity contribution in [3.8, 4) is 0 Å². The third-order valence-electron chi connectivity index (χ3n) is 3.75. The van der Waals surface area contributed by atoms with E-state index in [1.54, 1.807) is 0 Å². The first-order chi connectivity index (χ1) is 10.2. The monoisotopic (exact) mass is 304 g/mol. The van der Waals surface area contributed by atoms with Crippen molar-refractivity contribution in [2.75, 3.05) is 0 Å². The highest BCUT2D eigenvalue weighted by molar-refractivity contribution is 5.95. The van der Waals surface area contributed by atoms with Crippen LogP contribution in [0.1, 0.15) is 62.0 Å². The molecule has 4 heteroatoms. The van der Waals surface area contributed by atoms with Crippen LogP contribution >= 0.6 is 0 Å². The molecule has 22 heavy (non-hydrogen) atoms. The fourth-order valence-corrected chi connectivity index (χ4v) is 2.81. The number of rotatable bonds is 6. The van der Waals surface area contributed by atoms with Crippen LogP contribution in [0.25, 0.3) is 0 Å². The summed E-state index contributed by atoms with van der Waals surface area (Å²) in [5.41, 5.74) is 5.18. The topological polar surface area (TPSA) is 49.4 Å². The summed E-state index contributed by atoms with van der Waals surface area (Å²) in [6, 6.07) is 5.69. The molecule has 1 unspecified atom stereocenters. The van der Waals surface area contributed by atoms with E-state index in [0.717, 1.165) is 24.0 Å². The second-order valence-corrected chi connectivity index (χ2v) is 6.97. The molecule has 0 aliphatic heterocycles. The molecule has 0 heterocycles. The van der Waals surface area contributed by atoms with Crippen molar-refractivity contribution >= 4 is 12.3 Å². The molecule has 2 amide bonds. The van der Waals surface area contributed by atoms with Crippen LogP contribution in [0.5, 0.6) is 0 Å². The molecule has 0 aromatic heterocycles. The highest BCUT2D eigenvalue weighted by atomic mass is 16.2. The third-order valence-corrected chi connectivity index (χ3v) is 3.75. The van der Waals surface area contributed by atoms with E-state index >= 15 is 0 Å². The average molecular weight is 304 g/mol. The van der Waals surface area contributed by atoms with Crippen molar-refractivity contribution in [1.29, 1.82) is 0 Å². The molecular weight excluding hydrogens is 276 g/mol. The van der Waals surface area contributed by atoms with E-state index in [2.05, 4.69) is 33.1 Å². The molecule has 0 aliphatic carbocycles. The van der Waals surface area contributed by atoms with Crippen molar-refractivity contribution in [1.82, 2.24) is 10.4 Å². The van der Waals surface area contributed by atoms with Crippen LogP contribution in [-0.4, -0.2) is 23.4 Å². The van der Waals surface area contributed by atoms with Crippen LogP contribution < -0.4 is 5.43 Å². The Labute approximate surface area is 133 Å². The minimum Gasteiger partial charge on any atom is -0.277 e. The molecule has 4 nitrogen and oxygen atoms in total. The van der Waals surface area contributed by atoms with E-state index < -0.39 is 0 Å². The van der Waals surface area contributed by atoms with Crippen LogP contribution in [0.2, 0.25) is 0 Å². The SMILES string of the molecule is CCCC(N(NC=O)C(=O)c1cc(C)cc(C)c1)C(C)(C)C. The summed E-state index contributed by atoms with van der Waals surface area (Å²) >= 11 is 0. The molecule has 1 aromatic rings. The minimum atomic E-state index is -0.160. The Hall–Kier alpha value is -1.84. The summed E-state index contributed by atoms with van der Waals surface area (Å²) in [5.74, 6) is -0.160. The van der Waals surface area contributed by atoms with E-state index in [0.29, 0.717) is 12.0 Å². The Morgan fingerprint density at radius 2 is 1.77 bits per heavy atom. The lowest BCUT2D eigenvalue weighted by Gasteiger charge is -2.39. The molecular formula is C18H28N2O2. The van der Waals surface area contributed by atoms with Gasteiger partial charge in [0.25, 0.3) is 5.91 Å². The maximum Gasteiger partial charge on any atom is 0.272 e. The second-order valence-electron chi connectivity index (χ2n) is 6.97. The highest BCUT2D eigenvalue weighted by Gasteiger charge is 2.33. The molecule has 0 bridgehead atoms. The molecule has 0 saturated carbocycles. The number of benzene rings is 1. The molecule has 0 spiro atoms. The minimum absolute atomic E-state index is 0.0592. The van der Waals surface area contributed by atoms with Gasteiger partial charge >= 0.3 is 0 Å². The lowest BCUT2D eigenvalue weighted by atomic mass is 9.83. The van der Waals surface area contributed by atoms with Gasteiger partial charge in [-0.1, -0.05) is 51.3 Å². The van der Waals surface area contributed by atoms with Gasteiger partial charge in [0.1, 0.15) is 0 Å². The summed E-state index contributed by atoms with van der Waals surface area (Å²) in [5, 5.41) is 1.49. The largest absolute Gasteiger partial charge is 0.277 e. The van der Waals surface area contributed by atoms with E-state index in [1.165, 1.54) is 5.01 Å². The molecule has 0 aliphatic rings. The van der Waals surface area contributed by atoms with Crippen LogP contribution in [0, 0.1) is 19.3 Å². The van der Waals surface area contributed by atoms with Gasteiger partial charge < -0.3 is 0 Å². The fraction of sp³-hybridized carbons (Fsp3) is 0.556. The number of carbonyl (C=O) groups is 2. The number of aryl methyl sites for hydroxylation is 2. The van der Waals surface area contributed by atoms with Crippen molar-refractivity contribution in [2.45, 2.75) is 60.4 Å². The van der Waals surface area contributed by atoms with Gasteiger partial charge in [-0.2, -0.15) is 0 Å². The summed E-state index contributed by atoms with van der Waals surface area (Å²) in [7, 11) is 0. The number of carbonyl (C=O) groups excluding carboxylic acids is 2. The van der Waals surface area contributed by atoms with Crippen molar-refractivity contribution in [2.24, 2.45) is 5.41 Å². The maximum atomic E-state index is 12.9. The summed E-state index contributed by atoms with van der Waals surface area (Å²) in [6.07, 6.45) is 2.36. The molecule has 1 N–H and O–H groups in total. The normalized spacial score (nSPS) is 12.6. The fourth-order valence-electron chi connectivity index (χ4n) is 2.81. The smallest absolute Gasteiger partial charge is 0.272 e. The number of nitrogens with one attached hydrogen (secondary N) is 1. The zero-order valence-corrected chi connectivity index (χ0v) is 14.6. The van der Waals surface area contributed by atoms with Gasteiger partial charge in [0.2, 0.25) is 6.41 Å². The Morgan fingerprint density at radius 1 is 1.23 bits per heavy atom.